The van der Waals surface area contributed by atoms with Gasteiger partial charge in [0.1, 0.15) is 17.8 Å². The minimum Gasteiger partial charge on any atom is -0.460 e. The van der Waals surface area contributed by atoms with E-state index in [1.165, 1.54) is 20.8 Å². The maximum Gasteiger partial charge on any atom is 0.303 e. The van der Waals surface area contributed by atoms with Gasteiger partial charge < -0.3 is 28.8 Å². The summed E-state index contributed by atoms with van der Waals surface area (Å²) in [4.78, 5) is 49.7. The highest BCUT2D eigenvalue weighted by Gasteiger charge is 2.71. The van der Waals surface area contributed by atoms with Crippen LogP contribution >= 0.6 is 0 Å². The zero-order valence-electron chi connectivity index (χ0n) is 29.3. The maximum atomic E-state index is 14.0. The fourth-order valence-corrected chi connectivity index (χ4v) is 10.6. The lowest BCUT2D eigenvalue weighted by Gasteiger charge is -2.61. The van der Waals surface area contributed by atoms with Crippen molar-refractivity contribution in [2.24, 2.45) is 28.6 Å². The number of fused-ring (bicyclic) bond motifs is 5. The van der Waals surface area contributed by atoms with Crippen molar-refractivity contribution in [2.75, 3.05) is 0 Å². The number of ketones is 1. The molecule has 0 bridgehead atoms. The Balaban J connectivity index is 1.47. The Morgan fingerprint density at radius 3 is 2.17 bits per heavy atom. The van der Waals surface area contributed by atoms with Crippen molar-refractivity contribution >= 4 is 23.7 Å². The van der Waals surface area contributed by atoms with Crippen LogP contribution in [-0.2, 0) is 42.9 Å². The molecule has 0 radical (unpaired) electrons. The lowest BCUT2D eigenvalue weighted by Crippen LogP contribution is -2.63. The minimum atomic E-state index is -1.24. The lowest BCUT2D eigenvalue weighted by atomic mass is 9.45. The van der Waals surface area contributed by atoms with E-state index in [1.807, 2.05) is 27.7 Å². The Kier molecular flexibility index (Phi) is 8.68. The van der Waals surface area contributed by atoms with E-state index in [2.05, 4.69) is 20.8 Å². The average molecular weight is 647 g/mol. The van der Waals surface area contributed by atoms with Crippen molar-refractivity contribution in [3.05, 3.63) is 11.6 Å². The monoisotopic (exact) mass is 646 g/mol. The summed E-state index contributed by atoms with van der Waals surface area (Å²) in [6, 6.07) is 0. The van der Waals surface area contributed by atoms with Gasteiger partial charge in [-0.25, -0.2) is 0 Å². The van der Waals surface area contributed by atoms with Crippen LogP contribution in [0.5, 0.6) is 0 Å². The quantitative estimate of drug-likeness (QED) is 0.284. The molecule has 0 amide bonds. The van der Waals surface area contributed by atoms with Crippen LogP contribution in [0.4, 0.5) is 0 Å². The van der Waals surface area contributed by atoms with E-state index < -0.39 is 63.5 Å². The zero-order chi connectivity index (χ0) is 34.3. The largest absolute Gasteiger partial charge is 0.460 e. The molecule has 5 aliphatic rings. The third-order valence-corrected chi connectivity index (χ3v) is 12.4. The number of allylic oxidation sites excluding steroid dienone is 1. The summed E-state index contributed by atoms with van der Waals surface area (Å²) in [5, 5.41) is 12.9. The molecule has 10 heteroatoms. The van der Waals surface area contributed by atoms with Gasteiger partial charge in [-0.1, -0.05) is 13.8 Å². The Labute approximate surface area is 273 Å². The Morgan fingerprint density at radius 2 is 1.57 bits per heavy atom. The van der Waals surface area contributed by atoms with Gasteiger partial charge in [0.25, 0.3) is 0 Å². The summed E-state index contributed by atoms with van der Waals surface area (Å²) in [6.45, 7) is 18.0. The normalized spacial score (nSPS) is 43.1. The molecule has 0 spiro atoms. The first-order chi connectivity index (χ1) is 21.1. The minimum absolute atomic E-state index is 0.0772. The number of esters is 3. The molecule has 0 aromatic heterocycles. The van der Waals surface area contributed by atoms with Crippen molar-refractivity contribution in [1.29, 1.82) is 0 Å². The number of hydrogen-bond acceptors (Lipinski definition) is 10. The summed E-state index contributed by atoms with van der Waals surface area (Å²) in [6.07, 6.45) is 4.48. The van der Waals surface area contributed by atoms with E-state index in [1.54, 1.807) is 6.08 Å². The molecule has 1 heterocycles. The molecule has 10 atom stereocenters. The number of carbonyl (C=O) groups excluding carboxylic acids is 4. The standard InChI is InChI=1S/C36H54O10/c1-20(37)42-27-18-25-26(40)17-24-23(33(25,8)19-28(27)43-21(2)38)11-15-34(9)29(12-16-36(24,34)41)35(10)30(45-32(6,7)46-35)13-14-31(4,5)44-22(3)39/h17,23,25,27-30,41H,11-16,18-19H2,1-10H3/t23-,25-,27-,28+,29-,30+,33+,34+,35+,36+/m0/s1. The van der Waals surface area contributed by atoms with Crippen molar-refractivity contribution in [3.8, 4) is 0 Å². The van der Waals surface area contributed by atoms with E-state index in [0.29, 0.717) is 38.5 Å². The predicted octanol–water partition coefficient (Wildman–Crippen LogP) is 5.36. The van der Waals surface area contributed by atoms with Gasteiger partial charge in [0.2, 0.25) is 0 Å². The number of aliphatic hydroxyl groups is 1. The number of hydrogen-bond donors (Lipinski definition) is 1. The average Bonchev–Trinajstić information content (AvgIpc) is 3.31. The molecule has 4 fully saturated rings. The molecule has 1 N–H and O–H groups in total. The van der Waals surface area contributed by atoms with E-state index >= 15 is 0 Å². The molecular weight excluding hydrogens is 592 g/mol. The SMILES string of the molecule is CC(=O)O[C@H]1C[C@H]2C(=O)C=C3[C@H](CC[C@]4(C)[C@@H]([C@@]5(C)OC(C)(C)O[C@@H]5CCC(C)(C)OC(C)=O)CC[C@@]34O)[C@@]2(C)C[C@H]1OC(C)=O. The van der Waals surface area contributed by atoms with Crippen molar-refractivity contribution in [3.63, 3.8) is 0 Å². The maximum absolute atomic E-state index is 14.0. The fraction of sp³-hybridized carbons (Fsp3) is 0.833. The van der Waals surface area contributed by atoms with E-state index in [4.69, 9.17) is 23.7 Å². The predicted molar refractivity (Wildman–Crippen MR) is 167 cm³/mol. The highest BCUT2D eigenvalue weighted by atomic mass is 16.8. The number of ether oxygens (including phenoxy) is 5. The fourth-order valence-electron chi connectivity index (χ4n) is 10.6. The van der Waals surface area contributed by atoms with Gasteiger partial charge >= 0.3 is 17.9 Å². The Bertz CT molecular complexity index is 1320. The molecule has 5 rings (SSSR count). The first kappa shape index (κ1) is 35.0. The number of carbonyl (C=O) groups is 4. The summed E-state index contributed by atoms with van der Waals surface area (Å²) >= 11 is 0. The van der Waals surface area contributed by atoms with Crippen LogP contribution < -0.4 is 0 Å². The molecule has 1 aliphatic heterocycles. The van der Waals surface area contributed by atoms with Gasteiger partial charge in [0, 0.05) is 32.1 Å². The summed E-state index contributed by atoms with van der Waals surface area (Å²) < 4.78 is 30.2. The van der Waals surface area contributed by atoms with Crippen molar-refractivity contribution < 1.29 is 48.0 Å². The highest BCUT2D eigenvalue weighted by Crippen LogP contribution is 2.70. The second kappa shape index (κ2) is 11.4. The lowest BCUT2D eigenvalue weighted by molar-refractivity contribution is -0.195. The van der Waals surface area contributed by atoms with Crippen LogP contribution in [0, 0.1) is 28.6 Å². The van der Waals surface area contributed by atoms with Gasteiger partial charge in [-0.05, 0) is 115 Å². The van der Waals surface area contributed by atoms with Crippen molar-refractivity contribution in [1.82, 2.24) is 0 Å². The molecule has 0 aromatic carbocycles. The van der Waals surface area contributed by atoms with Crippen LogP contribution in [0.1, 0.15) is 121 Å². The van der Waals surface area contributed by atoms with Gasteiger partial charge in [0.05, 0.1) is 17.3 Å². The van der Waals surface area contributed by atoms with E-state index in [9.17, 15) is 24.3 Å². The molecule has 0 aromatic rings. The van der Waals surface area contributed by atoms with E-state index in [-0.39, 0.29) is 36.1 Å². The number of rotatable bonds is 7. The van der Waals surface area contributed by atoms with Crippen LogP contribution in [0.15, 0.2) is 11.6 Å². The van der Waals surface area contributed by atoms with Crippen LogP contribution in [0.2, 0.25) is 0 Å². The Morgan fingerprint density at radius 1 is 0.935 bits per heavy atom. The molecule has 10 nitrogen and oxygen atoms in total. The third kappa shape index (κ3) is 5.74. The molecule has 258 valence electrons. The summed E-state index contributed by atoms with van der Waals surface area (Å²) in [5.74, 6) is -2.79. The second-order valence-electron chi connectivity index (χ2n) is 16.4. The molecule has 3 saturated carbocycles. The molecular formula is C36H54O10. The molecule has 4 aliphatic carbocycles. The third-order valence-electron chi connectivity index (χ3n) is 12.4. The van der Waals surface area contributed by atoms with Crippen LogP contribution in [0.25, 0.3) is 0 Å². The molecule has 46 heavy (non-hydrogen) atoms. The van der Waals surface area contributed by atoms with Gasteiger partial charge in [-0.2, -0.15) is 0 Å². The van der Waals surface area contributed by atoms with Crippen LogP contribution in [0.3, 0.4) is 0 Å². The van der Waals surface area contributed by atoms with E-state index in [0.717, 1.165) is 12.0 Å². The van der Waals surface area contributed by atoms with Crippen molar-refractivity contribution in [2.45, 2.75) is 162 Å². The smallest absolute Gasteiger partial charge is 0.303 e. The topological polar surface area (TPSA) is 135 Å². The zero-order valence-corrected chi connectivity index (χ0v) is 29.3. The second-order valence-corrected chi connectivity index (χ2v) is 16.4. The Hall–Kier alpha value is -2.30. The molecule has 1 saturated heterocycles. The van der Waals surface area contributed by atoms with Gasteiger partial charge in [-0.15, -0.1) is 0 Å². The van der Waals surface area contributed by atoms with Gasteiger partial charge in [-0.3, -0.25) is 19.2 Å². The highest BCUT2D eigenvalue weighted by molar-refractivity contribution is 5.95. The summed E-state index contributed by atoms with van der Waals surface area (Å²) in [7, 11) is 0. The first-order valence-electron chi connectivity index (χ1n) is 17.0. The summed E-state index contributed by atoms with van der Waals surface area (Å²) in [5.41, 5.74) is -3.07. The van der Waals surface area contributed by atoms with Crippen LogP contribution in [-0.4, -0.2) is 69.7 Å². The first-order valence-corrected chi connectivity index (χ1v) is 17.0. The molecule has 0 unspecified atom stereocenters. The van der Waals surface area contributed by atoms with Gasteiger partial charge in [0.15, 0.2) is 11.6 Å².